The summed E-state index contributed by atoms with van der Waals surface area (Å²) in [5.41, 5.74) is 5.32. The van der Waals surface area contributed by atoms with Crippen LogP contribution in [0.25, 0.3) is 0 Å². The standard InChI is InChI=1S/C15H26N2O/c1-4-5-6-7-8-14(17-16)13-11-12(2)9-10-15(13)18-3/h9-11,14,17H,4-8,16H2,1-3H3. The highest BCUT2D eigenvalue weighted by Gasteiger charge is 2.14. The van der Waals surface area contributed by atoms with Gasteiger partial charge >= 0.3 is 0 Å². The van der Waals surface area contributed by atoms with Crippen LogP contribution in [0.3, 0.4) is 0 Å². The fourth-order valence-electron chi connectivity index (χ4n) is 2.23. The van der Waals surface area contributed by atoms with E-state index in [-0.39, 0.29) is 6.04 Å². The monoisotopic (exact) mass is 250 g/mol. The van der Waals surface area contributed by atoms with Crippen LogP contribution in [0, 0.1) is 6.92 Å². The molecule has 102 valence electrons. The molecule has 0 aliphatic heterocycles. The van der Waals surface area contributed by atoms with Gasteiger partial charge in [-0.2, -0.15) is 0 Å². The lowest BCUT2D eigenvalue weighted by Gasteiger charge is -2.19. The third kappa shape index (κ3) is 4.31. The van der Waals surface area contributed by atoms with E-state index in [9.17, 15) is 0 Å². The number of ether oxygens (including phenoxy) is 1. The lowest BCUT2D eigenvalue weighted by Crippen LogP contribution is -2.28. The van der Waals surface area contributed by atoms with Crippen LogP contribution < -0.4 is 16.0 Å². The van der Waals surface area contributed by atoms with E-state index in [1.807, 2.05) is 6.07 Å². The zero-order valence-electron chi connectivity index (χ0n) is 11.8. The number of hydrogen-bond donors (Lipinski definition) is 2. The number of hydrazine groups is 1. The van der Waals surface area contributed by atoms with Crippen LogP contribution in [0.5, 0.6) is 5.75 Å². The van der Waals surface area contributed by atoms with E-state index < -0.39 is 0 Å². The zero-order valence-corrected chi connectivity index (χ0v) is 11.8. The van der Waals surface area contributed by atoms with E-state index in [2.05, 4.69) is 31.4 Å². The number of nitrogens with one attached hydrogen (secondary N) is 1. The van der Waals surface area contributed by atoms with Crippen LogP contribution in [-0.2, 0) is 0 Å². The van der Waals surface area contributed by atoms with Crippen molar-refractivity contribution in [2.45, 2.75) is 52.0 Å². The first-order valence-electron chi connectivity index (χ1n) is 6.83. The van der Waals surface area contributed by atoms with Gasteiger partial charge in [0.15, 0.2) is 0 Å². The van der Waals surface area contributed by atoms with Crippen molar-refractivity contribution in [3.8, 4) is 5.75 Å². The van der Waals surface area contributed by atoms with E-state index >= 15 is 0 Å². The molecule has 0 fully saturated rings. The number of rotatable bonds is 8. The van der Waals surface area contributed by atoms with Gasteiger partial charge in [0.1, 0.15) is 5.75 Å². The Bertz CT molecular complexity index is 352. The number of methoxy groups -OCH3 is 1. The highest BCUT2D eigenvalue weighted by Crippen LogP contribution is 2.29. The second-order valence-electron chi connectivity index (χ2n) is 4.81. The number of benzene rings is 1. The molecule has 3 heteroatoms. The Labute approximate surface area is 111 Å². The Hall–Kier alpha value is -1.06. The van der Waals surface area contributed by atoms with Gasteiger partial charge in [0.25, 0.3) is 0 Å². The van der Waals surface area contributed by atoms with Crippen LogP contribution in [0.1, 0.15) is 56.2 Å². The Morgan fingerprint density at radius 3 is 2.67 bits per heavy atom. The molecule has 0 aliphatic carbocycles. The summed E-state index contributed by atoms with van der Waals surface area (Å²) in [5, 5.41) is 0. The lowest BCUT2D eigenvalue weighted by molar-refractivity contribution is 0.392. The minimum atomic E-state index is 0.178. The highest BCUT2D eigenvalue weighted by molar-refractivity contribution is 5.39. The molecule has 0 spiro atoms. The predicted molar refractivity (Wildman–Crippen MR) is 76.6 cm³/mol. The minimum absolute atomic E-state index is 0.178. The molecule has 3 N–H and O–H groups in total. The zero-order chi connectivity index (χ0) is 13.4. The lowest BCUT2D eigenvalue weighted by atomic mass is 9.98. The topological polar surface area (TPSA) is 47.3 Å². The molecule has 1 aromatic carbocycles. The number of hydrogen-bond acceptors (Lipinski definition) is 3. The Kier molecular flexibility index (Phi) is 6.76. The second-order valence-corrected chi connectivity index (χ2v) is 4.81. The summed E-state index contributed by atoms with van der Waals surface area (Å²) in [6.07, 6.45) is 6.07. The molecule has 3 nitrogen and oxygen atoms in total. The van der Waals surface area contributed by atoms with E-state index in [0.717, 1.165) is 17.7 Å². The van der Waals surface area contributed by atoms with Crippen LogP contribution in [0.4, 0.5) is 0 Å². The molecule has 1 aromatic rings. The normalized spacial score (nSPS) is 12.4. The average Bonchev–Trinajstić information content (AvgIpc) is 2.39. The fraction of sp³-hybridized carbons (Fsp3) is 0.600. The third-order valence-electron chi connectivity index (χ3n) is 3.31. The Morgan fingerprint density at radius 1 is 1.28 bits per heavy atom. The average molecular weight is 250 g/mol. The van der Waals surface area contributed by atoms with Gasteiger partial charge in [-0.3, -0.25) is 11.3 Å². The largest absolute Gasteiger partial charge is 0.496 e. The molecule has 0 aromatic heterocycles. The van der Waals surface area contributed by atoms with Crippen LogP contribution >= 0.6 is 0 Å². The molecule has 0 saturated carbocycles. The highest BCUT2D eigenvalue weighted by atomic mass is 16.5. The van der Waals surface area contributed by atoms with E-state index in [1.54, 1.807) is 7.11 Å². The first kappa shape index (κ1) is 15.0. The van der Waals surface area contributed by atoms with Crippen molar-refractivity contribution in [3.63, 3.8) is 0 Å². The van der Waals surface area contributed by atoms with E-state index in [4.69, 9.17) is 10.6 Å². The van der Waals surface area contributed by atoms with Crippen molar-refractivity contribution in [1.29, 1.82) is 0 Å². The molecular weight excluding hydrogens is 224 g/mol. The Balaban J connectivity index is 2.71. The maximum absolute atomic E-state index is 5.69. The molecule has 1 atom stereocenters. The molecule has 0 saturated heterocycles. The molecule has 0 heterocycles. The second kappa shape index (κ2) is 8.11. The summed E-state index contributed by atoms with van der Waals surface area (Å²) in [4.78, 5) is 0. The van der Waals surface area contributed by atoms with Crippen molar-refractivity contribution >= 4 is 0 Å². The molecule has 1 rings (SSSR count). The van der Waals surface area contributed by atoms with Gasteiger partial charge in [0.05, 0.1) is 7.11 Å². The van der Waals surface area contributed by atoms with E-state index in [0.29, 0.717) is 0 Å². The number of nitrogens with two attached hydrogens (primary N) is 1. The first-order valence-corrected chi connectivity index (χ1v) is 6.83. The molecule has 0 radical (unpaired) electrons. The minimum Gasteiger partial charge on any atom is -0.496 e. The van der Waals surface area contributed by atoms with E-state index in [1.165, 1.54) is 31.2 Å². The van der Waals surface area contributed by atoms with Crippen molar-refractivity contribution in [2.24, 2.45) is 5.84 Å². The van der Waals surface area contributed by atoms with Crippen LogP contribution in [-0.4, -0.2) is 7.11 Å². The van der Waals surface area contributed by atoms with Gasteiger partial charge in [0, 0.05) is 11.6 Å². The summed E-state index contributed by atoms with van der Waals surface area (Å²) in [6.45, 7) is 4.32. The smallest absolute Gasteiger partial charge is 0.123 e. The van der Waals surface area contributed by atoms with Gasteiger partial charge in [-0.25, -0.2) is 0 Å². The maximum atomic E-state index is 5.69. The van der Waals surface area contributed by atoms with Crippen LogP contribution in [0.2, 0.25) is 0 Å². The molecule has 0 amide bonds. The van der Waals surface area contributed by atoms with Crippen molar-refractivity contribution in [2.75, 3.05) is 7.11 Å². The number of aryl methyl sites for hydroxylation is 1. The van der Waals surface area contributed by atoms with Crippen molar-refractivity contribution in [1.82, 2.24) is 5.43 Å². The predicted octanol–water partition coefficient (Wildman–Crippen LogP) is 3.48. The number of unbranched alkanes of at least 4 members (excludes halogenated alkanes) is 3. The van der Waals surface area contributed by atoms with Gasteiger partial charge in [-0.05, 0) is 19.4 Å². The maximum Gasteiger partial charge on any atom is 0.123 e. The summed E-state index contributed by atoms with van der Waals surface area (Å²) in [6, 6.07) is 6.41. The van der Waals surface area contributed by atoms with Crippen LogP contribution in [0.15, 0.2) is 18.2 Å². The SMILES string of the molecule is CCCCCCC(NN)c1cc(C)ccc1OC. The summed E-state index contributed by atoms with van der Waals surface area (Å²) < 4.78 is 5.42. The quantitative estimate of drug-likeness (QED) is 0.422. The van der Waals surface area contributed by atoms with Gasteiger partial charge in [-0.15, -0.1) is 0 Å². The van der Waals surface area contributed by atoms with Crippen molar-refractivity contribution < 1.29 is 4.74 Å². The third-order valence-corrected chi connectivity index (χ3v) is 3.31. The van der Waals surface area contributed by atoms with Gasteiger partial charge in [-0.1, -0.05) is 50.3 Å². The summed E-state index contributed by atoms with van der Waals surface area (Å²) in [7, 11) is 1.71. The van der Waals surface area contributed by atoms with Gasteiger partial charge < -0.3 is 4.74 Å². The summed E-state index contributed by atoms with van der Waals surface area (Å²) >= 11 is 0. The van der Waals surface area contributed by atoms with Crippen molar-refractivity contribution in [3.05, 3.63) is 29.3 Å². The Morgan fingerprint density at radius 2 is 2.06 bits per heavy atom. The molecule has 0 bridgehead atoms. The molecule has 18 heavy (non-hydrogen) atoms. The summed E-state index contributed by atoms with van der Waals surface area (Å²) in [5.74, 6) is 6.60. The first-order chi connectivity index (χ1) is 8.72. The molecular formula is C15H26N2O. The molecule has 1 unspecified atom stereocenters. The van der Waals surface area contributed by atoms with Gasteiger partial charge in [0.2, 0.25) is 0 Å². The fourth-order valence-corrected chi connectivity index (χ4v) is 2.23. The molecule has 0 aliphatic rings.